The molecule has 0 fully saturated rings. The second kappa shape index (κ2) is 6.58. The Morgan fingerprint density at radius 2 is 1.90 bits per heavy atom. The summed E-state index contributed by atoms with van der Waals surface area (Å²) in [6.45, 7) is 3.59. The van der Waals surface area contributed by atoms with E-state index in [1.165, 1.54) is 0 Å². The third kappa shape index (κ3) is 4.19. The zero-order chi connectivity index (χ0) is 15.4. The molecule has 0 bridgehead atoms. The summed E-state index contributed by atoms with van der Waals surface area (Å²) in [6.07, 6.45) is 1.52. The van der Waals surface area contributed by atoms with Crippen LogP contribution in [0.25, 0.3) is 0 Å². The molecule has 110 valence electrons. The minimum absolute atomic E-state index is 0.164. The lowest BCUT2D eigenvalue weighted by Crippen LogP contribution is -2.13. The van der Waals surface area contributed by atoms with Crippen molar-refractivity contribution in [1.29, 1.82) is 0 Å². The van der Waals surface area contributed by atoms with Crippen molar-refractivity contribution in [1.82, 2.24) is 4.98 Å². The van der Waals surface area contributed by atoms with Crippen LogP contribution in [0.3, 0.4) is 0 Å². The molecule has 1 heterocycles. The molecule has 0 unspecified atom stereocenters. The molecule has 2 aromatic rings. The van der Waals surface area contributed by atoms with Gasteiger partial charge in [0.1, 0.15) is 5.69 Å². The molecule has 0 radical (unpaired) electrons. The summed E-state index contributed by atoms with van der Waals surface area (Å²) in [5.74, 6) is -0.630. The Bertz CT molecular complexity index is 647. The first kappa shape index (κ1) is 15.3. The van der Waals surface area contributed by atoms with Gasteiger partial charge in [-0.25, -0.2) is 4.79 Å². The van der Waals surface area contributed by atoms with Crippen LogP contribution in [0.1, 0.15) is 34.7 Å². The molecule has 0 spiro atoms. The predicted octanol–water partition coefficient (Wildman–Crippen LogP) is 3.59. The number of aromatic nitrogens is 1. The number of benzene rings is 1. The summed E-state index contributed by atoms with van der Waals surface area (Å²) in [5.41, 5.74) is 1.50. The molecule has 21 heavy (non-hydrogen) atoms. The van der Waals surface area contributed by atoms with Gasteiger partial charge in [-0.05, 0) is 60.1 Å². The highest BCUT2D eigenvalue weighted by atomic mass is 79.9. The molecular weight excluding hydrogens is 336 g/mol. The van der Waals surface area contributed by atoms with E-state index in [0.717, 1.165) is 4.47 Å². The van der Waals surface area contributed by atoms with Gasteiger partial charge in [-0.2, -0.15) is 0 Å². The van der Waals surface area contributed by atoms with E-state index in [0.29, 0.717) is 16.9 Å². The lowest BCUT2D eigenvalue weighted by molar-refractivity contribution is 0.0378. The van der Waals surface area contributed by atoms with E-state index in [4.69, 9.17) is 4.74 Å². The number of ether oxygens (including phenoxy) is 1. The van der Waals surface area contributed by atoms with Crippen LogP contribution in [0, 0.1) is 0 Å². The maximum atomic E-state index is 11.9. The van der Waals surface area contributed by atoms with E-state index in [1.807, 2.05) is 0 Å². The Labute approximate surface area is 130 Å². The largest absolute Gasteiger partial charge is 0.459 e. The van der Waals surface area contributed by atoms with Gasteiger partial charge in [0, 0.05) is 16.4 Å². The van der Waals surface area contributed by atoms with Crippen LogP contribution in [0.4, 0.5) is 5.69 Å². The molecule has 6 heteroatoms. The van der Waals surface area contributed by atoms with Crippen LogP contribution in [0.5, 0.6) is 0 Å². The molecule has 0 aliphatic carbocycles. The fourth-order valence-corrected chi connectivity index (χ4v) is 2.01. The van der Waals surface area contributed by atoms with Crippen LogP contribution in [0.2, 0.25) is 0 Å². The van der Waals surface area contributed by atoms with Crippen molar-refractivity contribution in [2.45, 2.75) is 20.0 Å². The minimum atomic E-state index is -0.379. The van der Waals surface area contributed by atoms with E-state index in [2.05, 4.69) is 26.2 Å². The van der Waals surface area contributed by atoms with Gasteiger partial charge in [0.25, 0.3) is 5.91 Å². The van der Waals surface area contributed by atoms with Gasteiger partial charge in [0.05, 0.1) is 11.7 Å². The highest BCUT2D eigenvalue weighted by Crippen LogP contribution is 2.15. The van der Waals surface area contributed by atoms with E-state index >= 15 is 0 Å². The average molecular weight is 351 g/mol. The molecule has 0 aliphatic rings. The summed E-state index contributed by atoms with van der Waals surface area (Å²) in [7, 11) is 0. The quantitative estimate of drug-likeness (QED) is 0.827. The number of rotatable bonds is 4. The summed E-state index contributed by atoms with van der Waals surface area (Å²) in [5, 5.41) is 2.74. The number of esters is 1. The molecule has 0 aliphatic heterocycles. The minimum Gasteiger partial charge on any atom is -0.459 e. The van der Waals surface area contributed by atoms with Gasteiger partial charge in [0.15, 0.2) is 0 Å². The lowest BCUT2D eigenvalue weighted by atomic mass is 10.2. The number of halogens is 1. The maximum Gasteiger partial charge on any atom is 0.338 e. The van der Waals surface area contributed by atoms with E-state index in [9.17, 15) is 9.59 Å². The molecule has 1 aromatic heterocycles. The smallest absolute Gasteiger partial charge is 0.338 e. The van der Waals surface area contributed by atoms with Crippen LogP contribution in [-0.2, 0) is 4.74 Å². The molecule has 1 aromatic carbocycles. The van der Waals surface area contributed by atoms with Crippen molar-refractivity contribution < 1.29 is 14.3 Å². The Balaban J connectivity index is 2.02. The number of hydrogen-bond donors (Lipinski definition) is 2. The average Bonchev–Trinajstić information content (AvgIpc) is 2.85. The van der Waals surface area contributed by atoms with Crippen molar-refractivity contribution in [3.63, 3.8) is 0 Å². The third-order valence-corrected chi connectivity index (χ3v) is 3.07. The zero-order valence-corrected chi connectivity index (χ0v) is 13.2. The van der Waals surface area contributed by atoms with Gasteiger partial charge in [0.2, 0.25) is 0 Å². The Morgan fingerprint density at radius 1 is 1.24 bits per heavy atom. The topological polar surface area (TPSA) is 71.2 Å². The number of nitrogens with one attached hydrogen (secondary N) is 2. The van der Waals surface area contributed by atoms with Gasteiger partial charge in [-0.15, -0.1) is 0 Å². The second-order valence-corrected chi connectivity index (χ2v) is 5.63. The fraction of sp³-hybridized carbons (Fsp3) is 0.200. The molecule has 0 saturated carbocycles. The first-order chi connectivity index (χ1) is 9.95. The Morgan fingerprint density at radius 3 is 2.43 bits per heavy atom. The Kier molecular flexibility index (Phi) is 4.80. The number of carbonyl (C=O) groups excluding carboxylic acids is 2. The number of H-pyrrole nitrogens is 1. The number of carbonyl (C=O) groups is 2. The molecule has 1 amide bonds. The zero-order valence-electron chi connectivity index (χ0n) is 11.6. The molecular formula is C15H15BrN2O3. The third-order valence-electron chi connectivity index (χ3n) is 2.61. The first-order valence-corrected chi connectivity index (χ1v) is 7.21. The van der Waals surface area contributed by atoms with Crippen molar-refractivity contribution in [3.8, 4) is 0 Å². The predicted molar refractivity (Wildman–Crippen MR) is 83.4 cm³/mol. The van der Waals surface area contributed by atoms with Crippen molar-refractivity contribution in [2.75, 3.05) is 5.32 Å². The van der Waals surface area contributed by atoms with Crippen molar-refractivity contribution >= 4 is 33.5 Å². The number of hydrogen-bond acceptors (Lipinski definition) is 3. The van der Waals surface area contributed by atoms with Gasteiger partial charge in [-0.3, -0.25) is 4.79 Å². The van der Waals surface area contributed by atoms with Gasteiger partial charge < -0.3 is 15.0 Å². The number of aromatic amines is 1. The maximum absolute atomic E-state index is 11.9. The summed E-state index contributed by atoms with van der Waals surface area (Å²) in [4.78, 5) is 26.5. The van der Waals surface area contributed by atoms with Crippen LogP contribution >= 0.6 is 15.9 Å². The molecule has 2 rings (SSSR count). The van der Waals surface area contributed by atoms with E-state index < -0.39 is 0 Å². The van der Waals surface area contributed by atoms with Crippen LogP contribution in [-0.4, -0.2) is 23.0 Å². The summed E-state index contributed by atoms with van der Waals surface area (Å²) in [6, 6.07) is 8.24. The standard InChI is InChI=1S/C15H15BrN2O3/c1-9(2)21-15(20)10-3-5-12(6-4-10)18-14(19)13-7-11(16)8-17-13/h3-9,17H,1-2H3,(H,18,19). The van der Waals surface area contributed by atoms with Crippen LogP contribution < -0.4 is 5.32 Å². The van der Waals surface area contributed by atoms with E-state index in [1.54, 1.807) is 50.4 Å². The van der Waals surface area contributed by atoms with E-state index in [-0.39, 0.29) is 18.0 Å². The van der Waals surface area contributed by atoms with Crippen molar-refractivity contribution in [3.05, 3.63) is 52.3 Å². The normalized spacial score (nSPS) is 10.5. The molecule has 5 nitrogen and oxygen atoms in total. The summed E-state index contributed by atoms with van der Waals surface area (Å²) < 4.78 is 5.90. The first-order valence-electron chi connectivity index (χ1n) is 6.42. The number of amides is 1. The van der Waals surface area contributed by atoms with Crippen LogP contribution in [0.15, 0.2) is 41.0 Å². The highest BCUT2D eigenvalue weighted by Gasteiger charge is 2.11. The molecule has 0 atom stereocenters. The highest BCUT2D eigenvalue weighted by molar-refractivity contribution is 9.10. The Hall–Kier alpha value is -2.08. The second-order valence-electron chi connectivity index (χ2n) is 4.72. The monoisotopic (exact) mass is 350 g/mol. The van der Waals surface area contributed by atoms with Gasteiger partial charge >= 0.3 is 5.97 Å². The molecule has 2 N–H and O–H groups in total. The lowest BCUT2D eigenvalue weighted by Gasteiger charge is -2.08. The number of anilines is 1. The van der Waals surface area contributed by atoms with Gasteiger partial charge in [-0.1, -0.05) is 0 Å². The van der Waals surface area contributed by atoms with Crippen molar-refractivity contribution in [2.24, 2.45) is 0 Å². The fourth-order valence-electron chi connectivity index (χ4n) is 1.67. The SMILES string of the molecule is CC(C)OC(=O)c1ccc(NC(=O)c2cc(Br)c[nH]2)cc1. The summed E-state index contributed by atoms with van der Waals surface area (Å²) >= 11 is 3.27. The molecule has 0 saturated heterocycles.